The first-order valence-electron chi connectivity index (χ1n) is 6.59. The van der Waals surface area contributed by atoms with Crippen LogP contribution in [0.4, 0.5) is 5.82 Å². The zero-order valence-electron chi connectivity index (χ0n) is 11.2. The molecule has 1 aliphatic carbocycles. The third kappa shape index (κ3) is 2.39. The zero-order chi connectivity index (χ0) is 13.6. The van der Waals surface area contributed by atoms with Crippen molar-refractivity contribution in [3.8, 4) is 0 Å². The van der Waals surface area contributed by atoms with E-state index >= 15 is 0 Å². The van der Waals surface area contributed by atoms with E-state index in [1.54, 1.807) is 4.90 Å². The molecule has 0 bridgehead atoms. The Labute approximate surface area is 117 Å². The number of aromatic nitrogens is 2. The first-order valence-corrected chi connectivity index (χ1v) is 6.97. The SMILES string of the molecule is Cc1c(Cl)nc(C2CC2)nc1N1CCN(C)C(=O)C1. The van der Waals surface area contributed by atoms with Crippen molar-refractivity contribution in [2.24, 2.45) is 0 Å². The van der Waals surface area contributed by atoms with Crippen molar-refractivity contribution in [3.05, 3.63) is 16.5 Å². The van der Waals surface area contributed by atoms with E-state index in [2.05, 4.69) is 9.97 Å². The summed E-state index contributed by atoms with van der Waals surface area (Å²) in [5, 5.41) is 0.512. The van der Waals surface area contributed by atoms with Crippen LogP contribution in [0.25, 0.3) is 0 Å². The van der Waals surface area contributed by atoms with E-state index in [1.165, 1.54) is 0 Å². The monoisotopic (exact) mass is 280 g/mol. The van der Waals surface area contributed by atoms with E-state index in [0.29, 0.717) is 17.6 Å². The quantitative estimate of drug-likeness (QED) is 0.772. The van der Waals surface area contributed by atoms with Gasteiger partial charge in [0.1, 0.15) is 16.8 Å². The molecule has 6 heteroatoms. The molecule has 0 N–H and O–H groups in total. The average Bonchev–Trinajstić information content (AvgIpc) is 3.20. The molecule has 0 atom stereocenters. The zero-order valence-corrected chi connectivity index (χ0v) is 11.9. The van der Waals surface area contributed by atoms with Crippen LogP contribution in [0.3, 0.4) is 0 Å². The fraction of sp³-hybridized carbons (Fsp3) is 0.615. The van der Waals surface area contributed by atoms with E-state index in [4.69, 9.17) is 11.6 Å². The minimum atomic E-state index is 0.119. The number of carbonyl (C=O) groups is 1. The normalized spacial score (nSPS) is 20.1. The van der Waals surface area contributed by atoms with Crippen LogP contribution < -0.4 is 4.90 Å². The first kappa shape index (κ1) is 12.7. The maximum Gasteiger partial charge on any atom is 0.241 e. The molecule has 1 amide bonds. The highest BCUT2D eigenvalue weighted by atomic mass is 35.5. The highest BCUT2D eigenvalue weighted by molar-refractivity contribution is 6.30. The van der Waals surface area contributed by atoms with Gasteiger partial charge in [-0.2, -0.15) is 0 Å². The number of piperazine rings is 1. The molecule has 2 aliphatic rings. The van der Waals surface area contributed by atoms with Gasteiger partial charge >= 0.3 is 0 Å². The van der Waals surface area contributed by atoms with E-state index in [-0.39, 0.29) is 5.91 Å². The Balaban J connectivity index is 1.92. The number of hydrogen-bond donors (Lipinski definition) is 0. The predicted octanol–water partition coefficient (Wildman–Crippen LogP) is 1.59. The van der Waals surface area contributed by atoms with Crippen LogP contribution in [0.1, 0.15) is 30.1 Å². The molecule has 1 aromatic rings. The number of halogens is 1. The Morgan fingerprint density at radius 2 is 2.00 bits per heavy atom. The number of likely N-dealkylation sites (N-methyl/N-ethyl adjacent to an activating group) is 1. The lowest BCUT2D eigenvalue weighted by molar-refractivity contribution is -0.129. The summed E-state index contributed by atoms with van der Waals surface area (Å²) in [4.78, 5) is 24.6. The van der Waals surface area contributed by atoms with Gasteiger partial charge in [-0.3, -0.25) is 4.79 Å². The molecule has 1 saturated heterocycles. The van der Waals surface area contributed by atoms with Crippen LogP contribution in [0.2, 0.25) is 5.15 Å². The smallest absolute Gasteiger partial charge is 0.241 e. The molecule has 0 unspecified atom stereocenters. The molecule has 3 rings (SSSR count). The minimum absolute atomic E-state index is 0.119. The Morgan fingerprint density at radius 3 is 2.63 bits per heavy atom. The third-order valence-corrected chi connectivity index (χ3v) is 4.15. The van der Waals surface area contributed by atoms with Crippen LogP contribution in [0, 0.1) is 6.92 Å². The lowest BCUT2D eigenvalue weighted by atomic mass is 10.2. The van der Waals surface area contributed by atoms with Gasteiger partial charge in [-0.1, -0.05) is 11.6 Å². The summed E-state index contributed by atoms with van der Waals surface area (Å²) in [5.41, 5.74) is 0.864. The molecule has 2 heterocycles. The van der Waals surface area contributed by atoms with Gasteiger partial charge in [-0.15, -0.1) is 0 Å². The van der Waals surface area contributed by atoms with Crippen LogP contribution in [0.5, 0.6) is 0 Å². The Morgan fingerprint density at radius 1 is 1.26 bits per heavy atom. The largest absolute Gasteiger partial charge is 0.345 e. The van der Waals surface area contributed by atoms with Crippen LogP contribution >= 0.6 is 11.6 Å². The topological polar surface area (TPSA) is 49.3 Å². The number of hydrogen-bond acceptors (Lipinski definition) is 4. The molecule has 19 heavy (non-hydrogen) atoms. The lowest BCUT2D eigenvalue weighted by Crippen LogP contribution is -2.49. The molecule has 0 radical (unpaired) electrons. The van der Waals surface area contributed by atoms with E-state index in [0.717, 1.165) is 43.1 Å². The summed E-state index contributed by atoms with van der Waals surface area (Å²) in [7, 11) is 1.83. The van der Waals surface area contributed by atoms with E-state index < -0.39 is 0 Å². The standard InChI is InChI=1S/C13H17ClN4O/c1-8-11(14)15-12(9-3-4-9)16-13(8)18-6-5-17(2)10(19)7-18/h9H,3-7H2,1-2H3. The van der Waals surface area contributed by atoms with Gasteiger partial charge in [0.05, 0.1) is 6.54 Å². The van der Waals surface area contributed by atoms with Gasteiger partial charge < -0.3 is 9.80 Å². The number of rotatable bonds is 2. The van der Waals surface area contributed by atoms with Crippen molar-refractivity contribution in [1.82, 2.24) is 14.9 Å². The predicted molar refractivity (Wildman–Crippen MR) is 73.6 cm³/mol. The Hall–Kier alpha value is -1.36. The van der Waals surface area contributed by atoms with Gasteiger partial charge in [-0.25, -0.2) is 9.97 Å². The van der Waals surface area contributed by atoms with Crippen LogP contribution in [0.15, 0.2) is 0 Å². The molecule has 0 spiro atoms. The number of amides is 1. The van der Waals surface area contributed by atoms with E-state index in [9.17, 15) is 4.79 Å². The highest BCUT2D eigenvalue weighted by Gasteiger charge is 2.30. The second kappa shape index (κ2) is 4.63. The fourth-order valence-corrected chi connectivity index (χ4v) is 2.44. The summed E-state index contributed by atoms with van der Waals surface area (Å²) in [6.07, 6.45) is 2.28. The molecule has 1 aliphatic heterocycles. The summed E-state index contributed by atoms with van der Waals surface area (Å²) < 4.78 is 0. The highest BCUT2D eigenvalue weighted by Crippen LogP contribution is 2.40. The second-order valence-corrected chi connectivity index (χ2v) is 5.69. The minimum Gasteiger partial charge on any atom is -0.345 e. The maximum atomic E-state index is 11.8. The van der Waals surface area contributed by atoms with Crippen molar-refractivity contribution in [2.45, 2.75) is 25.7 Å². The van der Waals surface area contributed by atoms with E-state index in [1.807, 2.05) is 18.9 Å². The first-order chi connectivity index (χ1) is 9.06. The lowest BCUT2D eigenvalue weighted by Gasteiger charge is -2.33. The summed E-state index contributed by atoms with van der Waals surface area (Å²) in [5.74, 6) is 2.23. The van der Waals surface area contributed by atoms with Gasteiger partial charge in [0.15, 0.2) is 0 Å². The molecule has 0 aromatic carbocycles. The van der Waals surface area contributed by atoms with Crippen molar-refractivity contribution in [3.63, 3.8) is 0 Å². The van der Waals surface area contributed by atoms with Crippen molar-refractivity contribution < 1.29 is 4.79 Å². The van der Waals surface area contributed by atoms with Gasteiger partial charge in [-0.05, 0) is 19.8 Å². The molecule has 2 fully saturated rings. The Kier molecular flexibility index (Phi) is 3.09. The molecule has 1 aromatic heterocycles. The van der Waals surface area contributed by atoms with Gasteiger partial charge in [0.2, 0.25) is 5.91 Å². The van der Waals surface area contributed by atoms with Crippen LogP contribution in [-0.4, -0.2) is 47.5 Å². The fourth-order valence-electron chi connectivity index (χ4n) is 2.27. The molecule has 102 valence electrons. The number of anilines is 1. The third-order valence-electron chi connectivity index (χ3n) is 3.78. The molecule has 5 nitrogen and oxygen atoms in total. The second-order valence-electron chi connectivity index (χ2n) is 5.33. The maximum absolute atomic E-state index is 11.8. The Bertz CT molecular complexity index is 530. The molecule has 1 saturated carbocycles. The summed E-state index contributed by atoms with van der Waals surface area (Å²) >= 11 is 6.20. The van der Waals surface area contributed by atoms with Crippen molar-refractivity contribution in [2.75, 3.05) is 31.6 Å². The molecular formula is C13H17ClN4O. The number of carbonyl (C=O) groups excluding carboxylic acids is 1. The van der Waals surface area contributed by atoms with Crippen molar-refractivity contribution in [1.29, 1.82) is 0 Å². The average molecular weight is 281 g/mol. The number of nitrogens with zero attached hydrogens (tertiary/aromatic N) is 4. The molecular weight excluding hydrogens is 264 g/mol. The van der Waals surface area contributed by atoms with Crippen molar-refractivity contribution >= 4 is 23.3 Å². The van der Waals surface area contributed by atoms with Gasteiger partial charge in [0.25, 0.3) is 0 Å². The van der Waals surface area contributed by atoms with Crippen LogP contribution in [-0.2, 0) is 4.79 Å². The van der Waals surface area contributed by atoms with Gasteiger partial charge in [0, 0.05) is 31.6 Å². The summed E-state index contributed by atoms with van der Waals surface area (Å²) in [6, 6.07) is 0. The summed E-state index contributed by atoms with van der Waals surface area (Å²) in [6.45, 7) is 3.80.